The molecular weight excluding hydrogens is 735 g/mol. The zero-order valence-electron chi connectivity index (χ0n) is 34.8. The van der Waals surface area contributed by atoms with E-state index in [1.54, 1.807) is 0 Å². The van der Waals surface area contributed by atoms with Crippen LogP contribution in [0.1, 0.15) is 71.4 Å². The molecule has 9 aromatic carbocycles. The van der Waals surface area contributed by atoms with E-state index in [0.717, 1.165) is 11.4 Å². The molecule has 1 nitrogen and oxygen atoms in total. The highest BCUT2D eigenvalue weighted by atomic mass is 15.1. The van der Waals surface area contributed by atoms with Crippen molar-refractivity contribution in [2.45, 2.75) is 50.4 Å². The minimum absolute atomic E-state index is 0.487. The fourth-order valence-corrected chi connectivity index (χ4v) is 10.8. The summed E-state index contributed by atoms with van der Waals surface area (Å²) >= 11 is 0. The second kappa shape index (κ2) is 15.6. The monoisotopic (exact) mass is 783 g/mol. The van der Waals surface area contributed by atoms with Gasteiger partial charge in [-0.15, -0.1) is 0 Å². The number of benzene rings is 9. The first-order chi connectivity index (χ1) is 30.2. The van der Waals surface area contributed by atoms with Crippen molar-refractivity contribution < 1.29 is 0 Å². The molecule has 1 saturated carbocycles. The van der Waals surface area contributed by atoms with Crippen LogP contribution in [-0.4, -0.2) is 0 Å². The van der Waals surface area contributed by atoms with Gasteiger partial charge >= 0.3 is 0 Å². The van der Waals surface area contributed by atoms with Gasteiger partial charge in [-0.1, -0.05) is 183 Å². The van der Waals surface area contributed by atoms with Crippen LogP contribution in [0.2, 0.25) is 0 Å². The average Bonchev–Trinajstić information content (AvgIpc) is 3.64. The molecule has 9 aromatic rings. The largest absolute Gasteiger partial charge is 0.310 e. The molecule has 0 amide bonds. The van der Waals surface area contributed by atoms with E-state index in [1.807, 2.05) is 0 Å². The van der Waals surface area contributed by atoms with Crippen molar-refractivity contribution in [3.63, 3.8) is 0 Å². The van der Waals surface area contributed by atoms with Crippen LogP contribution in [0.15, 0.2) is 212 Å². The number of fused-ring (bicyclic) bond motifs is 4. The lowest BCUT2D eigenvalue weighted by atomic mass is 9.67. The third-order valence-electron chi connectivity index (χ3n) is 13.7. The van der Waals surface area contributed by atoms with Crippen LogP contribution < -0.4 is 4.90 Å². The summed E-state index contributed by atoms with van der Waals surface area (Å²) in [4.78, 5) is 2.48. The average molecular weight is 784 g/mol. The van der Waals surface area contributed by atoms with Crippen molar-refractivity contribution >= 4 is 27.8 Å². The molecule has 1 fully saturated rings. The van der Waals surface area contributed by atoms with Crippen molar-refractivity contribution in [3.05, 3.63) is 246 Å². The predicted octanol–water partition coefficient (Wildman–Crippen LogP) is 16.4. The van der Waals surface area contributed by atoms with Gasteiger partial charge in [-0.2, -0.15) is 0 Å². The van der Waals surface area contributed by atoms with Gasteiger partial charge in [0.15, 0.2) is 0 Å². The molecular formula is C60H49N. The van der Waals surface area contributed by atoms with Crippen LogP contribution in [0, 0.1) is 6.92 Å². The van der Waals surface area contributed by atoms with Crippen LogP contribution in [0.4, 0.5) is 17.1 Å². The Morgan fingerprint density at radius 3 is 1.54 bits per heavy atom. The lowest BCUT2D eigenvalue weighted by Gasteiger charge is -2.35. The van der Waals surface area contributed by atoms with Crippen molar-refractivity contribution in [1.29, 1.82) is 0 Å². The molecule has 0 atom stereocenters. The second-order valence-corrected chi connectivity index (χ2v) is 17.1. The van der Waals surface area contributed by atoms with Gasteiger partial charge in [0.2, 0.25) is 0 Å². The lowest BCUT2D eigenvalue weighted by molar-refractivity contribution is 0.443. The van der Waals surface area contributed by atoms with E-state index in [1.165, 1.54) is 115 Å². The smallest absolute Gasteiger partial charge is 0.0714 e. The van der Waals surface area contributed by atoms with E-state index in [0.29, 0.717) is 5.92 Å². The Morgan fingerprint density at radius 1 is 0.410 bits per heavy atom. The Morgan fingerprint density at radius 2 is 0.934 bits per heavy atom. The Kier molecular flexibility index (Phi) is 9.46. The van der Waals surface area contributed by atoms with Gasteiger partial charge in [0.25, 0.3) is 0 Å². The summed E-state index contributed by atoms with van der Waals surface area (Å²) in [7, 11) is 0. The molecule has 0 unspecified atom stereocenters. The first-order valence-electron chi connectivity index (χ1n) is 22.1. The van der Waals surface area contributed by atoms with Gasteiger partial charge in [0, 0.05) is 17.1 Å². The summed E-state index contributed by atoms with van der Waals surface area (Å²) < 4.78 is 0. The zero-order chi connectivity index (χ0) is 40.8. The lowest BCUT2D eigenvalue weighted by Crippen LogP contribution is -2.28. The fraction of sp³-hybridized carbons (Fsp3) is 0.133. The van der Waals surface area contributed by atoms with Crippen LogP contribution in [0.3, 0.4) is 0 Å². The van der Waals surface area contributed by atoms with Gasteiger partial charge in [-0.3, -0.25) is 0 Å². The van der Waals surface area contributed by atoms with Crippen molar-refractivity contribution in [2.75, 3.05) is 4.90 Å². The Hall–Kier alpha value is -6.96. The summed E-state index contributed by atoms with van der Waals surface area (Å²) in [5, 5.41) is 2.50. The number of hydrogen-bond acceptors (Lipinski definition) is 1. The molecule has 0 heterocycles. The van der Waals surface area contributed by atoms with E-state index in [2.05, 4.69) is 224 Å². The quantitative estimate of drug-likeness (QED) is 0.148. The summed E-state index contributed by atoms with van der Waals surface area (Å²) in [6.07, 6.45) is 6.59. The maximum atomic E-state index is 2.49. The number of hydrogen-bond donors (Lipinski definition) is 0. The molecule has 11 rings (SSSR count). The summed E-state index contributed by atoms with van der Waals surface area (Å²) in [5.41, 5.74) is 18.5. The highest BCUT2D eigenvalue weighted by Gasteiger charge is 2.46. The molecule has 0 bridgehead atoms. The molecule has 0 aliphatic heterocycles. The van der Waals surface area contributed by atoms with E-state index >= 15 is 0 Å². The SMILES string of the molecule is Cc1cccc2c1-c1ccc(N(c3ccc(-c4cc5ccccc5cc4-c4ccccc4)cc3)c3ccc(C4CCCCC4)cc3)cc1C2(c1ccccc1)c1ccccc1. The first kappa shape index (κ1) is 37.1. The summed E-state index contributed by atoms with van der Waals surface area (Å²) in [6, 6.07) is 79.4. The van der Waals surface area contributed by atoms with Gasteiger partial charge in [-0.05, 0) is 152 Å². The number of aryl methyl sites for hydroxylation is 1. The van der Waals surface area contributed by atoms with E-state index in [-0.39, 0.29) is 0 Å². The molecule has 2 aliphatic rings. The first-order valence-corrected chi connectivity index (χ1v) is 22.1. The maximum absolute atomic E-state index is 2.49. The third-order valence-corrected chi connectivity index (χ3v) is 13.7. The van der Waals surface area contributed by atoms with Gasteiger partial charge in [0.05, 0.1) is 5.41 Å². The predicted molar refractivity (Wildman–Crippen MR) is 257 cm³/mol. The van der Waals surface area contributed by atoms with Crippen molar-refractivity contribution in [1.82, 2.24) is 0 Å². The molecule has 0 aromatic heterocycles. The minimum Gasteiger partial charge on any atom is -0.310 e. The number of rotatable bonds is 8. The molecule has 294 valence electrons. The van der Waals surface area contributed by atoms with E-state index in [9.17, 15) is 0 Å². The number of anilines is 3. The standard InChI is InChI=1S/C60H49N/c1-42-17-16-28-57-59(42)54-38-37-53(41-58(54)60(57,49-24-10-4-11-25-49)50-26-12-5-13-27-50)61(51-33-29-44(30-34-51)43-18-6-2-7-19-43)52-35-31-46(32-36-52)56-40-48-23-15-14-22-47(48)39-55(56)45-20-8-3-9-21-45/h3-5,8-17,20-41,43H,2,6-7,18-19H2,1H3. The van der Waals surface area contributed by atoms with Crippen molar-refractivity contribution in [2.24, 2.45) is 0 Å². The van der Waals surface area contributed by atoms with Gasteiger partial charge in [-0.25, -0.2) is 0 Å². The second-order valence-electron chi connectivity index (χ2n) is 17.1. The molecule has 2 aliphatic carbocycles. The van der Waals surface area contributed by atoms with Crippen molar-refractivity contribution in [3.8, 4) is 33.4 Å². The van der Waals surface area contributed by atoms with Crippen LogP contribution >= 0.6 is 0 Å². The van der Waals surface area contributed by atoms with E-state index in [4.69, 9.17) is 0 Å². The third kappa shape index (κ3) is 6.39. The number of nitrogens with zero attached hydrogens (tertiary/aromatic N) is 1. The maximum Gasteiger partial charge on any atom is 0.0714 e. The van der Waals surface area contributed by atoms with Gasteiger partial charge in [0.1, 0.15) is 0 Å². The highest BCUT2D eigenvalue weighted by molar-refractivity contribution is 5.97. The molecule has 0 N–H and O–H groups in total. The Labute approximate surface area is 360 Å². The molecule has 0 spiro atoms. The topological polar surface area (TPSA) is 3.24 Å². The summed E-state index contributed by atoms with van der Waals surface area (Å²) in [5.74, 6) is 0.649. The van der Waals surface area contributed by atoms with Crippen LogP contribution in [0.25, 0.3) is 44.2 Å². The van der Waals surface area contributed by atoms with Crippen LogP contribution in [0.5, 0.6) is 0 Å². The Bertz CT molecular complexity index is 2940. The fourth-order valence-electron chi connectivity index (χ4n) is 10.8. The zero-order valence-corrected chi connectivity index (χ0v) is 34.8. The molecule has 61 heavy (non-hydrogen) atoms. The van der Waals surface area contributed by atoms with E-state index < -0.39 is 5.41 Å². The molecule has 1 heteroatoms. The normalized spacial score (nSPS) is 14.4. The van der Waals surface area contributed by atoms with Crippen LogP contribution in [-0.2, 0) is 5.41 Å². The highest BCUT2D eigenvalue weighted by Crippen LogP contribution is 2.58. The summed E-state index contributed by atoms with van der Waals surface area (Å²) in [6.45, 7) is 2.27. The van der Waals surface area contributed by atoms with Gasteiger partial charge < -0.3 is 4.90 Å². The molecule has 0 radical (unpaired) electrons. The molecule has 0 saturated heterocycles. The minimum atomic E-state index is -0.487. The Balaban J connectivity index is 1.10.